The van der Waals surface area contributed by atoms with E-state index in [0.29, 0.717) is 25.8 Å². The Morgan fingerprint density at radius 3 is 2.44 bits per heavy atom. The summed E-state index contributed by atoms with van der Waals surface area (Å²) in [5, 5.41) is 17.5. The number of amides is 3. The molecule has 0 aromatic heterocycles. The number of ether oxygens (including phenoxy) is 1. The summed E-state index contributed by atoms with van der Waals surface area (Å²) < 4.78 is 39.5. The number of alkyl carbamates (subject to hydrolysis) is 1. The molecular weight excluding hydrogens is 501 g/mol. The van der Waals surface area contributed by atoms with Crippen LogP contribution in [0.15, 0.2) is 30.3 Å². The van der Waals surface area contributed by atoms with Gasteiger partial charge in [-0.25, -0.2) is 13.2 Å². The summed E-state index contributed by atoms with van der Waals surface area (Å²) in [6, 6.07) is 7.05. The zero-order valence-corrected chi connectivity index (χ0v) is 23.8. The number of nitrogens with one attached hydrogen (secondary N) is 3. The maximum absolute atomic E-state index is 12.9. The molecule has 1 fully saturated rings. The number of aliphatic hydroxyl groups is 1. The summed E-state index contributed by atoms with van der Waals surface area (Å²) >= 11 is 0. The number of carbonyl (C=O) groups excluding carboxylic acids is 3. The van der Waals surface area contributed by atoms with Gasteiger partial charge in [-0.05, 0) is 43.6 Å². The monoisotopic (exact) mass is 535 g/mol. The van der Waals surface area contributed by atoms with Gasteiger partial charge < -0.3 is 30.3 Å². The van der Waals surface area contributed by atoms with Gasteiger partial charge in [-0.15, -0.1) is 0 Å². The summed E-state index contributed by atoms with van der Waals surface area (Å²) in [6.07, 6.45) is 0.808. The molecular formula is C23H34N3NaO8S. The number of benzene rings is 1. The molecule has 1 heterocycles. The second kappa shape index (κ2) is 15.5. The molecule has 13 heteroatoms. The van der Waals surface area contributed by atoms with E-state index in [4.69, 9.17) is 4.74 Å². The van der Waals surface area contributed by atoms with E-state index in [2.05, 4.69) is 16.0 Å². The average molecular weight is 536 g/mol. The minimum Gasteiger partial charge on any atom is -0.746 e. The minimum absolute atomic E-state index is 0. The Labute approximate surface area is 234 Å². The third-order valence-electron chi connectivity index (χ3n) is 5.67. The molecule has 0 aliphatic carbocycles. The maximum atomic E-state index is 12.9. The van der Waals surface area contributed by atoms with Gasteiger partial charge in [0.05, 0.1) is 12.6 Å². The zero-order valence-electron chi connectivity index (χ0n) is 20.9. The van der Waals surface area contributed by atoms with Crippen molar-refractivity contribution in [1.82, 2.24) is 16.0 Å². The Morgan fingerprint density at radius 1 is 1.22 bits per heavy atom. The molecule has 3 amide bonds. The normalized spacial score (nSPS) is 17.9. The van der Waals surface area contributed by atoms with Gasteiger partial charge in [-0.1, -0.05) is 44.2 Å². The molecule has 36 heavy (non-hydrogen) atoms. The molecule has 1 saturated heterocycles. The van der Waals surface area contributed by atoms with E-state index < -0.39 is 45.6 Å². The molecule has 1 unspecified atom stereocenters. The van der Waals surface area contributed by atoms with Crippen LogP contribution in [0.5, 0.6) is 0 Å². The predicted molar refractivity (Wildman–Crippen MR) is 126 cm³/mol. The van der Waals surface area contributed by atoms with Gasteiger partial charge in [0, 0.05) is 12.5 Å². The first kappa shape index (κ1) is 32.3. The van der Waals surface area contributed by atoms with E-state index >= 15 is 0 Å². The van der Waals surface area contributed by atoms with Gasteiger partial charge in [0.2, 0.25) is 11.8 Å². The van der Waals surface area contributed by atoms with Gasteiger partial charge in [0.1, 0.15) is 16.2 Å². The maximum Gasteiger partial charge on any atom is 1.00 e. The largest absolute Gasteiger partial charge is 1.00 e. The number of carbonyl (C=O) groups is 3. The molecule has 0 spiro atoms. The third-order valence-corrected chi connectivity index (χ3v) is 6.59. The number of aliphatic hydroxyl groups excluding tert-OH is 1. The van der Waals surface area contributed by atoms with E-state index in [-0.39, 0.29) is 60.8 Å². The Hall–Kier alpha value is -1.70. The fourth-order valence-electron chi connectivity index (χ4n) is 3.88. The molecule has 1 aromatic rings. The van der Waals surface area contributed by atoms with Crippen molar-refractivity contribution in [2.75, 3.05) is 13.2 Å². The fraction of sp³-hybridized carbons (Fsp3) is 0.609. The molecule has 0 radical (unpaired) electrons. The van der Waals surface area contributed by atoms with Crippen LogP contribution in [-0.4, -0.2) is 66.7 Å². The van der Waals surface area contributed by atoms with Crippen molar-refractivity contribution in [2.24, 2.45) is 11.8 Å². The smallest absolute Gasteiger partial charge is 0.746 e. The van der Waals surface area contributed by atoms with Crippen molar-refractivity contribution in [3.05, 3.63) is 35.9 Å². The molecule has 1 aliphatic rings. The number of rotatable bonds is 13. The molecule has 4 N–H and O–H groups in total. The van der Waals surface area contributed by atoms with Crippen molar-refractivity contribution in [3.8, 4) is 0 Å². The van der Waals surface area contributed by atoms with Crippen molar-refractivity contribution in [3.63, 3.8) is 0 Å². The van der Waals surface area contributed by atoms with Crippen LogP contribution < -0.4 is 45.5 Å². The van der Waals surface area contributed by atoms with Crippen LogP contribution >= 0.6 is 0 Å². The number of hydrogen-bond acceptors (Lipinski definition) is 8. The van der Waals surface area contributed by atoms with Crippen LogP contribution in [-0.2, 0) is 30.9 Å². The molecule has 1 aromatic carbocycles. The summed E-state index contributed by atoms with van der Waals surface area (Å²) in [4.78, 5) is 37.1. The first-order valence-corrected chi connectivity index (χ1v) is 13.1. The Balaban J connectivity index is 0.00000648. The van der Waals surface area contributed by atoms with Crippen LogP contribution in [0.4, 0.5) is 4.79 Å². The molecule has 2 rings (SSSR count). The first-order chi connectivity index (χ1) is 16.5. The predicted octanol–water partition coefficient (Wildman–Crippen LogP) is -2.36. The SMILES string of the molecule is CC(C)C[C@H](NC(=O)OCCCc1ccccc1)C(=O)N[C@@H](C[C@@H]1CCNC1=O)C(O)S(=O)(=O)[O-].[Na+]. The van der Waals surface area contributed by atoms with E-state index in [1.165, 1.54) is 0 Å². The van der Waals surface area contributed by atoms with Crippen molar-refractivity contribution >= 4 is 28.0 Å². The van der Waals surface area contributed by atoms with Crippen LogP contribution in [0.25, 0.3) is 0 Å². The minimum atomic E-state index is -5.17. The van der Waals surface area contributed by atoms with Gasteiger partial charge >= 0.3 is 35.7 Å². The van der Waals surface area contributed by atoms with E-state index in [9.17, 15) is 32.5 Å². The van der Waals surface area contributed by atoms with Gasteiger partial charge in [0.15, 0.2) is 5.44 Å². The standard InChI is InChI=1S/C23H35N3O8S.Na/c1-15(2)13-18(26-23(30)34-12-6-9-16-7-4-3-5-8-16)21(28)25-19(22(29)35(31,32)33)14-17-10-11-24-20(17)27;/h3-5,7-8,15,17-19,22,29H,6,9-14H2,1-2H3,(H,24,27)(H,25,28)(H,26,30)(H,31,32,33);/q;+1/p-1/t17-,18-,19-,22?;/m0./s1. The van der Waals surface area contributed by atoms with Crippen molar-refractivity contribution in [1.29, 1.82) is 0 Å². The second-order valence-corrected chi connectivity index (χ2v) is 10.5. The molecule has 0 bridgehead atoms. The number of hydrogen-bond donors (Lipinski definition) is 4. The van der Waals surface area contributed by atoms with Crippen molar-refractivity contribution in [2.45, 2.75) is 63.5 Å². The third kappa shape index (κ3) is 11.1. The van der Waals surface area contributed by atoms with Gasteiger partial charge in [-0.2, -0.15) is 0 Å². The molecule has 4 atom stereocenters. The zero-order chi connectivity index (χ0) is 26.0. The van der Waals surface area contributed by atoms with Crippen molar-refractivity contribution < 1.29 is 66.8 Å². The Morgan fingerprint density at radius 2 is 1.89 bits per heavy atom. The van der Waals surface area contributed by atoms with Crippen LogP contribution in [0, 0.1) is 11.8 Å². The second-order valence-electron chi connectivity index (χ2n) is 9.06. The average Bonchev–Trinajstić information content (AvgIpc) is 3.19. The molecule has 1 aliphatic heterocycles. The summed E-state index contributed by atoms with van der Waals surface area (Å²) in [5.41, 5.74) is -1.34. The first-order valence-electron chi connectivity index (χ1n) is 11.7. The van der Waals surface area contributed by atoms with Crippen LogP contribution in [0.3, 0.4) is 0 Å². The molecule has 196 valence electrons. The number of aryl methyl sites for hydroxylation is 1. The van der Waals surface area contributed by atoms with Crippen LogP contribution in [0.2, 0.25) is 0 Å². The molecule has 0 saturated carbocycles. The van der Waals surface area contributed by atoms with Gasteiger partial charge in [0.25, 0.3) is 0 Å². The summed E-state index contributed by atoms with van der Waals surface area (Å²) in [5.74, 6) is -1.83. The van der Waals surface area contributed by atoms with E-state index in [0.717, 1.165) is 5.56 Å². The molecule has 11 nitrogen and oxygen atoms in total. The van der Waals surface area contributed by atoms with Gasteiger partial charge in [-0.3, -0.25) is 9.59 Å². The quantitative estimate of drug-likeness (QED) is 0.123. The Bertz CT molecular complexity index is 961. The fourth-order valence-corrected chi connectivity index (χ4v) is 4.46. The topological polar surface area (TPSA) is 174 Å². The Kier molecular flexibility index (Phi) is 13.9. The summed E-state index contributed by atoms with van der Waals surface area (Å²) in [6.45, 7) is 4.15. The van der Waals surface area contributed by atoms with Crippen LogP contribution in [0.1, 0.15) is 45.1 Å². The van der Waals surface area contributed by atoms with E-state index in [1.807, 2.05) is 44.2 Å². The summed E-state index contributed by atoms with van der Waals surface area (Å²) in [7, 11) is -5.17. The van der Waals surface area contributed by atoms with E-state index in [1.54, 1.807) is 0 Å².